The van der Waals surface area contributed by atoms with Crippen LogP contribution in [0, 0.1) is 39.0 Å². The van der Waals surface area contributed by atoms with E-state index in [2.05, 4.69) is 36.0 Å². The van der Waals surface area contributed by atoms with E-state index >= 15 is 0 Å². The van der Waals surface area contributed by atoms with Crippen molar-refractivity contribution in [2.45, 2.75) is 40.0 Å². The van der Waals surface area contributed by atoms with Gasteiger partial charge in [-0.1, -0.05) is 66.7 Å². The molecule has 0 aliphatic carbocycles. The van der Waals surface area contributed by atoms with Crippen LogP contribution in [0.25, 0.3) is 88.9 Å². The van der Waals surface area contributed by atoms with E-state index in [0.717, 1.165) is 27.6 Å². The van der Waals surface area contributed by atoms with Crippen molar-refractivity contribution in [2.75, 3.05) is 0 Å². The van der Waals surface area contributed by atoms with Crippen LogP contribution in [-0.4, -0.2) is 39.0 Å². The number of para-hydroxylation sites is 2. The lowest BCUT2D eigenvalue weighted by atomic mass is 9.92. The van der Waals surface area contributed by atoms with Crippen molar-refractivity contribution in [2.24, 2.45) is 0 Å². The summed E-state index contributed by atoms with van der Waals surface area (Å²) in [5, 5.41) is 14.1. The van der Waals surface area contributed by atoms with E-state index in [9.17, 15) is 31.6 Å². The molecule has 9 nitrogen and oxygen atoms in total. The molecule has 0 saturated carbocycles. The van der Waals surface area contributed by atoms with Crippen molar-refractivity contribution in [3.05, 3.63) is 155 Å². The van der Waals surface area contributed by atoms with Gasteiger partial charge in [0.05, 0.1) is 56.2 Å². The monoisotopic (exact) mass is 859 g/mol. The van der Waals surface area contributed by atoms with Crippen LogP contribution < -0.4 is 0 Å². The van der Waals surface area contributed by atoms with Crippen LogP contribution in [0.5, 0.6) is 0 Å². The van der Waals surface area contributed by atoms with Gasteiger partial charge in [0.2, 0.25) is 0 Å². The molecule has 4 heterocycles. The summed E-state index contributed by atoms with van der Waals surface area (Å²) in [5.74, 6) is 2.89. The van der Waals surface area contributed by atoms with E-state index in [1.54, 1.807) is 27.7 Å². The van der Waals surface area contributed by atoms with Gasteiger partial charge in [0.1, 0.15) is 23.3 Å². The van der Waals surface area contributed by atoms with Crippen molar-refractivity contribution in [1.29, 1.82) is 5.26 Å². The first-order valence-corrected chi connectivity index (χ1v) is 19.9. The molecule has 0 aliphatic rings. The Bertz CT molecular complexity index is 3570. The summed E-state index contributed by atoms with van der Waals surface area (Å²) >= 11 is 0. The quantitative estimate of drug-likeness (QED) is 0.158. The van der Waals surface area contributed by atoms with Gasteiger partial charge in [0, 0.05) is 38.2 Å². The van der Waals surface area contributed by atoms with Crippen LogP contribution in [0.2, 0.25) is 0 Å². The molecule has 0 aliphatic heterocycles. The zero-order chi connectivity index (χ0) is 44.8. The third-order valence-electron chi connectivity index (χ3n) is 11.2. The first-order chi connectivity index (χ1) is 30.6. The summed E-state index contributed by atoms with van der Waals surface area (Å²) in [7, 11) is 0. The molecular weight excluding hydrogens is 829 g/mol. The van der Waals surface area contributed by atoms with E-state index in [-0.39, 0.29) is 17.2 Å². The highest BCUT2D eigenvalue weighted by Crippen LogP contribution is 2.46. The minimum atomic E-state index is -5.22. The molecule has 0 N–H and O–H groups in total. The molecule has 0 saturated heterocycles. The van der Waals surface area contributed by atoms with Gasteiger partial charge in [-0.05, 0) is 81.8 Å². The topological polar surface area (TPSA) is 111 Å². The average molecular weight is 860 g/mol. The largest absolute Gasteiger partial charge is 0.417 e. The maximum absolute atomic E-state index is 15.0. The smallest absolute Gasteiger partial charge is 0.307 e. The van der Waals surface area contributed by atoms with Gasteiger partial charge in [-0.2, -0.15) is 31.6 Å². The lowest BCUT2D eigenvalue weighted by molar-refractivity contribution is -0.142. The Balaban J connectivity index is 1.37. The van der Waals surface area contributed by atoms with Crippen molar-refractivity contribution < 1.29 is 26.3 Å². The number of hydrogen-bond acceptors (Lipinski definition) is 7. The molecule has 0 spiro atoms. The Kier molecular flexibility index (Phi) is 9.12. The van der Waals surface area contributed by atoms with E-state index in [0.29, 0.717) is 85.6 Å². The molecule has 15 heteroatoms. The molecule has 314 valence electrons. The van der Waals surface area contributed by atoms with Crippen molar-refractivity contribution in [3.8, 4) is 51.3 Å². The summed E-state index contributed by atoms with van der Waals surface area (Å²) in [6, 6.07) is 33.1. The zero-order valence-electron chi connectivity index (χ0n) is 34.3. The lowest BCUT2D eigenvalue weighted by Crippen LogP contribution is -2.13. The number of benzene rings is 6. The maximum Gasteiger partial charge on any atom is 0.417 e. The molecule has 4 aromatic heterocycles. The summed E-state index contributed by atoms with van der Waals surface area (Å²) in [4.78, 5) is 27.1. The van der Waals surface area contributed by atoms with Gasteiger partial charge < -0.3 is 9.13 Å². The Morgan fingerprint density at radius 2 is 0.906 bits per heavy atom. The molecule has 6 aromatic carbocycles. The van der Waals surface area contributed by atoms with Gasteiger partial charge >= 0.3 is 12.4 Å². The first-order valence-electron chi connectivity index (χ1n) is 19.9. The minimum absolute atomic E-state index is 0.0919. The third kappa shape index (κ3) is 6.66. The molecule has 0 atom stereocenters. The SMILES string of the molecule is Cc1nc(C)nc(-c2ccc3c4ccccc4n(-c4cc(C#N)c(-c5ccc(C(F)(F)F)cc5C(F)(F)F)cc4-n4c5ccccc5c5ccc(-c6nc(C)nc(C)n6)cc54)c3c2)n1. The fourth-order valence-corrected chi connectivity index (χ4v) is 8.67. The molecule has 0 unspecified atom stereocenters. The van der Waals surface area contributed by atoms with Crippen LogP contribution in [0.15, 0.2) is 115 Å². The highest BCUT2D eigenvalue weighted by Gasteiger charge is 2.39. The summed E-state index contributed by atoms with van der Waals surface area (Å²) < 4.78 is 90.7. The second kappa shape index (κ2) is 14.6. The lowest BCUT2D eigenvalue weighted by Gasteiger charge is -2.21. The highest BCUT2D eigenvalue weighted by atomic mass is 19.4. The molecule has 0 fully saturated rings. The molecule has 64 heavy (non-hydrogen) atoms. The normalized spacial score (nSPS) is 12.2. The molecule has 0 radical (unpaired) electrons. The summed E-state index contributed by atoms with van der Waals surface area (Å²) in [5.41, 5.74) is 0.650. The average Bonchev–Trinajstić information content (AvgIpc) is 3.76. The Labute approximate surface area is 360 Å². The summed E-state index contributed by atoms with van der Waals surface area (Å²) in [6.07, 6.45) is -10.3. The van der Waals surface area contributed by atoms with Gasteiger partial charge in [-0.3, -0.25) is 0 Å². The number of fused-ring (bicyclic) bond motifs is 6. The predicted molar refractivity (Wildman–Crippen MR) is 232 cm³/mol. The molecular formula is C49H31F6N9. The van der Waals surface area contributed by atoms with E-state index in [1.807, 2.05) is 94.1 Å². The van der Waals surface area contributed by atoms with Crippen LogP contribution in [0.3, 0.4) is 0 Å². The maximum atomic E-state index is 15.0. The second-order valence-corrected chi connectivity index (χ2v) is 15.4. The van der Waals surface area contributed by atoms with Crippen molar-refractivity contribution >= 4 is 43.6 Å². The van der Waals surface area contributed by atoms with Crippen LogP contribution in [0.4, 0.5) is 26.3 Å². The second-order valence-electron chi connectivity index (χ2n) is 15.4. The minimum Gasteiger partial charge on any atom is -0.307 e. The van der Waals surface area contributed by atoms with Crippen molar-refractivity contribution in [1.82, 2.24) is 39.0 Å². The van der Waals surface area contributed by atoms with Crippen LogP contribution in [0.1, 0.15) is 40.0 Å². The Morgan fingerprint density at radius 1 is 0.453 bits per heavy atom. The zero-order valence-corrected chi connectivity index (χ0v) is 34.3. The number of halogens is 6. The fourth-order valence-electron chi connectivity index (χ4n) is 8.67. The number of rotatable bonds is 5. The van der Waals surface area contributed by atoms with E-state index in [1.165, 1.54) is 12.1 Å². The number of aromatic nitrogens is 8. The highest BCUT2D eigenvalue weighted by molar-refractivity contribution is 6.12. The Morgan fingerprint density at radius 3 is 1.36 bits per heavy atom. The van der Waals surface area contributed by atoms with Crippen molar-refractivity contribution in [3.63, 3.8) is 0 Å². The standard InChI is InChI=1S/C49H31F6N9/c1-25-57-26(2)60-46(59-25)29-13-16-36-34-9-5-7-11-40(34)63(42(36)19-29)44-21-31(24-56)38(33-18-15-32(48(50,51)52)22-39(33)49(53,54)55)23-45(44)64-41-12-8-6-10-35(41)37-17-14-30(20-43(37)64)47-61-27(3)58-28(4)62-47/h5-23H,1-4H3. The molecule has 0 bridgehead atoms. The van der Waals surface area contributed by atoms with E-state index < -0.39 is 29.0 Å². The fraction of sp³-hybridized carbons (Fsp3) is 0.122. The number of alkyl halides is 6. The van der Waals surface area contributed by atoms with E-state index in [4.69, 9.17) is 0 Å². The number of hydrogen-bond donors (Lipinski definition) is 0. The van der Waals surface area contributed by atoms with Crippen LogP contribution in [-0.2, 0) is 12.4 Å². The Hall–Kier alpha value is -7.99. The summed E-state index contributed by atoms with van der Waals surface area (Å²) in [6.45, 7) is 7.06. The number of nitrogens with zero attached hydrogens (tertiary/aromatic N) is 9. The first kappa shape index (κ1) is 40.1. The van der Waals surface area contributed by atoms with Gasteiger partial charge in [-0.15, -0.1) is 0 Å². The number of aryl methyl sites for hydroxylation is 4. The van der Waals surface area contributed by atoms with Gasteiger partial charge in [0.25, 0.3) is 0 Å². The molecule has 10 aromatic rings. The molecule has 0 amide bonds. The van der Waals surface area contributed by atoms with Gasteiger partial charge in [-0.25, -0.2) is 29.9 Å². The third-order valence-corrected chi connectivity index (χ3v) is 11.2. The predicted octanol–water partition coefficient (Wildman–Crippen LogP) is 12.4. The van der Waals surface area contributed by atoms with Gasteiger partial charge in [0.15, 0.2) is 11.6 Å². The number of nitriles is 1. The molecule has 10 rings (SSSR count). The van der Waals surface area contributed by atoms with Crippen LogP contribution >= 0.6 is 0 Å².